The Labute approximate surface area is 148 Å². The van der Waals surface area contributed by atoms with E-state index >= 15 is 0 Å². The Balaban J connectivity index is 1.93. The molecule has 2 amide bonds. The first kappa shape index (κ1) is 18.8. The van der Waals surface area contributed by atoms with Crippen molar-refractivity contribution in [2.45, 2.75) is 77.7 Å². The van der Waals surface area contributed by atoms with Gasteiger partial charge >= 0.3 is 0 Å². The number of aromatic nitrogens is 2. The number of aryl methyl sites for hydroxylation is 1. The van der Waals surface area contributed by atoms with Crippen molar-refractivity contribution >= 4 is 28.3 Å². The first-order valence-electron chi connectivity index (χ1n) is 9.08. The van der Waals surface area contributed by atoms with Gasteiger partial charge in [-0.1, -0.05) is 38.0 Å². The van der Waals surface area contributed by atoms with Crippen molar-refractivity contribution in [1.82, 2.24) is 15.1 Å². The van der Waals surface area contributed by atoms with Crippen LogP contribution < -0.4 is 5.32 Å². The lowest BCUT2D eigenvalue weighted by molar-refractivity contribution is -0.140. The fraction of sp³-hybridized carbons (Fsp3) is 0.765. The molecule has 1 atom stereocenters. The Bertz CT molecular complexity index is 546. The second-order valence-electron chi connectivity index (χ2n) is 6.30. The molecule has 6 nitrogen and oxygen atoms in total. The smallest absolute Gasteiger partial charge is 0.249 e. The third-order valence-corrected chi connectivity index (χ3v) is 5.18. The van der Waals surface area contributed by atoms with E-state index in [0.29, 0.717) is 18.1 Å². The van der Waals surface area contributed by atoms with Crippen molar-refractivity contribution in [1.29, 1.82) is 0 Å². The fourth-order valence-electron chi connectivity index (χ4n) is 2.98. The average molecular weight is 353 g/mol. The monoisotopic (exact) mass is 352 g/mol. The predicted octanol–water partition coefficient (Wildman–Crippen LogP) is 3.39. The minimum Gasteiger partial charge on any atom is -0.331 e. The molecule has 24 heavy (non-hydrogen) atoms. The van der Waals surface area contributed by atoms with Crippen LogP contribution in [0.1, 0.15) is 70.2 Å². The number of rotatable bonds is 8. The number of piperidine rings is 1. The van der Waals surface area contributed by atoms with Crippen molar-refractivity contribution in [3.05, 3.63) is 5.01 Å². The van der Waals surface area contributed by atoms with Crippen LogP contribution in [-0.4, -0.2) is 39.5 Å². The highest BCUT2D eigenvalue weighted by Crippen LogP contribution is 2.22. The SMILES string of the molecule is CCCCCc1nnc(NC(=O)C2CCCCN2C(=O)CCC)s1. The summed E-state index contributed by atoms with van der Waals surface area (Å²) in [7, 11) is 0. The number of amides is 2. The quantitative estimate of drug-likeness (QED) is 0.728. The molecule has 0 aliphatic carbocycles. The van der Waals surface area contributed by atoms with E-state index in [9.17, 15) is 9.59 Å². The maximum atomic E-state index is 12.6. The van der Waals surface area contributed by atoms with Gasteiger partial charge in [0.15, 0.2) is 0 Å². The first-order chi connectivity index (χ1) is 11.7. The molecular formula is C17H28N4O2S. The van der Waals surface area contributed by atoms with E-state index in [1.165, 1.54) is 24.2 Å². The molecule has 1 N–H and O–H groups in total. The van der Waals surface area contributed by atoms with E-state index in [1.54, 1.807) is 4.90 Å². The summed E-state index contributed by atoms with van der Waals surface area (Å²) in [5, 5.41) is 12.6. The molecule has 1 fully saturated rings. The molecule has 7 heteroatoms. The molecule has 2 rings (SSSR count). The molecule has 134 valence electrons. The van der Waals surface area contributed by atoms with E-state index in [0.717, 1.165) is 43.5 Å². The van der Waals surface area contributed by atoms with Gasteiger partial charge in [-0.05, 0) is 32.1 Å². The third kappa shape index (κ3) is 5.26. The molecule has 0 aromatic carbocycles. The number of carbonyl (C=O) groups is 2. The third-order valence-electron chi connectivity index (χ3n) is 4.28. The van der Waals surface area contributed by atoms with Gasteiger partial charge < -0.3 is 4.90 Å². The number of anilines is 1. The standard InChI is InChI=1S/C17H28N4O2S/c1-3-5-6-11-14-19-20-17(24-14)18-16(23)13-10-7-8-12-21(13)15(22)9-4-2/h13H,3-12H2,1-2H3,(H,18,20,23). The Morgan fingerprint density at radius 2 is 2.04 bits per heavy atom. The molecule has 1 aliphatic heterocycles. The summed E-state index contributed by atoms with van der Waals surface area (Å²) in [5.74, 6) is -0.0507. The molecule has 2 heterocycles. The number of nitrogens with zero attached hydrogens (tertiary/aromatic N) is 3. The molecule has 1 unspecified atom stereocenters. The summed E-state index contributed by atoms with van der Waals surface area (Å²) in [5.41, 5.74) is 0. The predicted molar refractivity (Wildman–Crippen MR) is 96.0 cm³/mol. The lowest BCUT2D eigenvalue weighted by Gasteiger charge is -2.34. The van der Waals surface area contributed by atoms with Crippen molar-refractivity contribution in [3.8, 4) is 0 Å². The summed E-state index contributed by atoms with van der Waals surface area (Å²) in [4.78, 5) is 26.6. The van der Waals surface area contributed by atoms with Crippen LogP contribution in [0, 0.1) is 0 Å². The summed E-state index contributed by atoms with van der Waals surface area (Å²) >= 11 is 1.44. The van der Waals surface area contributed by atoms with E-state index < -0.39 is 0 Å². The molecule has 0 saturated carbocycles. The van der Waals surface area contributed by atoms with Gasteiger partial charge in [0.1, 0.15) is 11.0 Å². The zero-order chi connectivity index (χ0) is 17.4. The van der Waals surface area contributed by atoms with Crippen LogP contribution >= 0.6 is 11.3 Å². The number of hydrogen-bond donors (Lipinski definition) is 1. The van der Waals surface area contributed by atoms with Crippen molar-refractivity contribution < 1.29 is 9.59 Å². The van der Waals surface area contributed by atoms with Crippen LogP contribution in [0.3, 0.4) is 0 Å². The maximum Gasteiger partial charge on any atom is 0.249 e. The van der Waals surface area contributed by atoms with E-state index in [4.69, 9.17) is 0 Å². The zero-order valence-corrected chi connectivity index (χ0v) is 15.5. The number of likely N-dealkylation sites (tertiary alicyclic amines) is 1. The maximum absolute atomic E-state index is 12.6. The summed E-state index contributed by atoms with van der Waals surface area (Å²) < 4.78 is 0. The minimum atomic E-state index is -0.370. The summed E-state index contributed by atoms with van der Waals surface area (Å²) in [6, 6.07) is -0.370. The van der Waals surface area contributed by atoms with Crippen molar-refractivity contribution in [2.75, 3.05) is 11.9 Å². The highest BCUT2D eigenvalue weighted by Gasteiger charge is 2.32. The minimum absolute atomic E-state index is 0.0786. The van der Waals surface area contributed by atoms with Crippen LogP contribution in [0.4, 0.5) is 5.13 Å². The Hall–Kier alpha value is -1.50. The second kappa shape index (κ2) is 9.71. The van der Waals surface area contributed by atoms with Gasteiger partial charge in [0.25, 0.3) is 0 Å². The average Bonchev–Trinajstić information content (AvgIpc) is 3.02. The summed E-state index contributed by atoms with van der Waals surface area (Å²) in [6.07, 6.45) is 8.34. The Kier molecular flexibility index (Phi) is 7.62. The van der Waals surface area contributed by atoms with Crippen LogP contribution in [0.5, 0.6) is 0 Å². The lowest BCUT2D eigenvalue weighted by atomic mass is 10.0. The van der Waals surface area contributed by atoms with Gasteiger partial charge in [0.05, 0.1) is 0 Å². The molecule has 1 saturated heterocycles. The van der Waals surface area contributed by atoms with Crippen molar-refractivity contribution in [3.63, 3.8) is 0 Å². The van der Waals surface area contributed by atoms with E-state index in [1.807, 2.05) is 6.92 Å². The highest BCUT2D eigenvalue weighted by molar-refractivity contribution is 7.15. The second-order valence-corrected chi connectivity index (χ2v) is 7.36. The Morgan fingerprint density at radius 1 is 1.21 bits per heavy atom. The highest BCUT2D eigenvalue weighted by atomic mass is 32.1. The normalized spacial score (nSPS) is 17.8. The fourth-order valence-corrected chi connectivity index (χ4v) is 3.76. The van der Waals surface area contributed by atoms with Gasteiger partial charge in [-0.15, -0.1) is 10.2 Å². The molecule has 1 aromatic rings. The zero-order valence-electron chi connectivity index (χ0n) is 14.7. The molecular weight excluding hydrogens is 324 g/mol. The van der Waals surface area contributed by atoms with Gasteiger partial charge in [0, 0.05) is 19.4 Å². The van der Waals surface area contributed by atoms with Gasteiger partial charge in [-0.3, -0.25) is 14.9 Å². The van der Waals surface area contributed by atoms with E-state index in [-0.39, 0.29) is 17.9 Å². The Morgan fingerprint density at radius 3 is 2.79 bits per heavy atom. The first-order valence-corrected chi connectivity index (χ1v) is 9.90. The molecule has 0 bridgehead atoms. The largest absolute Gasteiger partial charge is 0.331 e. The molecule has 1 aromatic heterocycles. The number of nitrogens with one attached hydrogen (secondary N) is 1. The van der Waals surface area contributed by atoms with Crippen LogP contribution in [0.2, 0.25) is 0 Å². The van der Waals surface area contributed by atoms with Crippen LogP contribution in [-0.2, 0) is 16.0 Å². The molecule has 0 radical (unpaired) electrons. The van der Waals surface area contributed by atoms with Crippen LogP contribution in [0.15, 0.2) is 0 Å². The lowest BCUT2D eigenvalue weighted by Crippen LogP contribution is -2.49. The van der Waals surface area contributed by atoms with Crippen molar-refractivity contribution in [2.24, 2.45) is 0 Å². The molecule has 0 spiro atoms. The summed E-state index contributed by atoms with van der Waals surface area (Å²) in [6.45, 7) is 4.83. The van der Waals surface area contributed by atoms with E-state index in [2.05, 4.69) is 22.4 Å². The molecule has 1 aliphatic rings. The topological polar surface area (TPSA) is 75.2 Å². The van der Waals surface area contributed by atoms with Gasteiger partial charge in [-0.25, -0.2) is 0 Å². The van der Waals surface area contributed by atoms with Gasteiger partial charge in [-0.2, -0.15) is 0 Å². The van der Waals surface area contributed by atoms with Crippen LogP contribution in [0.25, 0.3) is 0 Å². The number of hydrogen-bond acceptors (Lipinski definition) is 5. The number of unbranched alkanes of at least 4 members (excludes halogenated alkanes) is 2. The number of carbonyl (C=O) groups excluding carboxylic acids is 2. The van der Waals surface area contributed by atoms with Gasteiger partial charge in [0.2, 0.25) is 16.9 Å².